The second-order valence-electron chi connectivity index (χ2n) is 10.5. The van der Waals surface area contributed by atoms with Crippen molar-refractivity contribution in [2.75, 3.05) is 33.0 Å². The molecule has 10 nitrogen and oxygen atoms in total. The summed E-state index contributed by atoms with van der Waals surface area (Å²) >= 11 is 0. The first kappa shape index (κ1) is 39.4. The highest BCUT2D eigenvalue weighted by Gasteiger charge is 2.28. The van der Waals surface area contributed by atoms with Crippen LogP contribution in [-0.4, -0.2) is 81.6 Å². The lowest BCUT2D eigenvalue weighted by atomic mass is 9.93. The molecule has 232 valence electrons. The number of aliphatic hydroxyl groups is 3. The molecule has 6 N–H and O–H groups in total. The summed E-state index contributed by atoms with van der Waals surface area (Å²) in [7, 11) is 0. The summed E-state index contributed by atoms with van der Waals surface area (Å²) in [5, 5.41) is 52.5. The highest BCUT2D eigenvalue weighted by Crippen LogP contribution is 2.16. The van der Waals surface area contributed by atoms with Crippen LogP contribution in [0.5, 0.6) is 0 Å². The molecule has 0 spiro atoms. The first-order chi connectivity index (χ1) is 18.7. The van der Waals surface area contributed by atoms with Gasteiger partial charge in [-0.2, -0.15) is 0 Å². The van der Waals surface area contributed by atoms with Crippen LogP contribution in [0.2, 0.25) is 0 Å². The Kier molecular flexibility index (Phi) is 29.5. The van der Waals surface area contributed by atoms with E-state index < -0.39 is 23.3 Å². The average Bonchev–Trinajstić information content (AvgIpc) is 2.90. The number of aliphatic hydroxyl groups excluding tert-OH is 3. The van der Waals surface area contributed by atoms with Crippen molar-refractivity contribution in [1.82, 2.24) is 0 Å². The predicted molar refractivity (Wildman–Crippen MR) is 150 cm³/mol. The van der Waals surface area contributed by atoms with Gasteiger partial charge < -0.3 is 35.4 Å². The van der Waals surface area contributed by atoms with Crippen molar-refractivity contribution in [3.63, 3.8) is 0 Å². The van der Waals surface area contributed by atoms with E-state index in [2.05, 4.69) is 0 Å². The number of ether oxygens (including phenoxy) is 1. The van der Waals surface area contributed by atoms with Gasteiger partial charge in [0, 0.05) is 25.9 Å². The third-order valence-electron chi connectivity index (χ3n) is 6.63. The van der Waals surface area contributed by atoms with E-state index in [1.165, 1.54) is 70.6 Å². The van der Waals surface area contributed by atoms with Gasteiger partial charge in [0.1, 0.15) is 0 Å². The van der Waals surface area contributed by atoms with Crippen LogP contribution < -0.4 is 0 Å². The number of hydrogen-bond acceptors (Lipinski definition) is 7. The highest BCUT2D eigenvalue weighted by molar-refractivity contribution is 5.68. The molecular weight excluding hydrogens is 508 g/mol. The minimum atomic E-state index is -0.915. The number of carboxylic acid groups (broad SMARTS) is 3. The van der Waals surface area contributed by atoms with Crippen molar-refractivity contribution in [2.45, 2.75) is 128 Å². The summed E-state index contributed by atoms with van der Waals surface area (Å²) in [4.78, 5) is 30.2. The van der Waals surface area contributed by atoms with E-state index in [4.69, 9.17) is 20.1 Å². The zero-order valence-electron chi connectivity index (χ0n) is 24.0. The van der Waals surface area contributed by atoms with E-state index in [0.29, 0.717) is 25.9 Å². The van der Waals surface area contributed by atoms with Crippen LogP contribution in [-0.2, 0) is 19.1 Å². The standard InChI is InChI=1S/C23H46O6.C6H10O4/c24-18-23(19-25,20-26)21-29-17-15-13-11-9-7-5-3-1-2-4-6-8-10-12-14-16-22(27)28;7-5(8)3-1-2-4-6(9)10/h24-26H,1-21H2,(H,27,28);1-4H2,(H,7,8)(H,9,10). The molecule has 0 atom stereocenters. The number of carbonyl (C=O) groups is 3. The molecule has 0 radical (unpaired) electrons. The van der Waals surface area contributed by atoms with E-state index in [1.807, 2.05) is 0 Å². The molecule has 0 aliphatic heterocycles. The van der Waals surface area contributed by atoms with Crippen LogP contribution in [0.25, 0.3) is 0 Å². The van der Waals surface area contributed by atoms with Crippen LogP contribution in [0.15, 0.2) is 0 Å². The topological polar surface area (TPSA) is 182 Å². The SMILES string of the molecule is O=C(O)CCCCC(=O)O.O=C(O)CCCCCCCCCCCCCCCCCOCC(CO)(CO)CO. The minimum absolute atomic E-state index is 0.0628. The molecular formula is C29H56O10. The summed E-state index contributed by atoms with van der Waals surface area (Å²) in [5.41, 5.74) is -0.915. The smallest absolute Gasteiger partial charge is 0.303 e. The van der Waals surface area contributed by atoms with Crippen LogP contribution in [0.1, 0.15) is 128 Å². The van der Waals surface area contributed by atoms with Gasteiger partial charge in [-0.3, -0.25) is 14.4 Å². The Morgan fingerprint density at radius 3 is 0.974 bits per heavy atom. The zero-order valence-corrected chi connectivity index (χ0v) is 24.0. The third-order valence-corrected chi connectivity index (χ3v) is 6.63. The molecule has 0 fully saturated rings. The molecule has 39 heavy (non-hydrogen) atoms. The largest absolute Gasteiger partial charge is 0.481 e. The number of carboxylic acids is 3. The molecule has 0 heterocycles. The van der Waals surface area contributed by atoms with Crippen molar-refractivity contribution in [1.29, 1.82) is 0 Å². The van der Waals surface area contributed by atoms with Gasteiger partial charge in [0.05, 0.1) is 31.8 Å². The first-order valence-corrected chi connectivity index (χ1v) is 14.8. The fourth-order valence-electron chi connectivity index (χ4n) is 3.91. The molecule has 0 unspecified atom stereocenters. The van der Waals surface area contributed by atoms with Gasteiger partial charge in [0.15, 0.2) is 0 Å². The molecule has 0 aromatic heterocycles. The van der Waals surface area contributed by atoms with Crippen molar-refractivity contribution in [3.8, 4) is 0 Å². The van der Waals surface area contributed by atoms with Crippen molar-refractivity contribution in [2.24, 2.45) is 5.41 Å². The van der Waals surface area contributed by atoms with E-state index >= 15 is 0 Å². The van der Waals surface area contributed by atoms with Gasteiger partial charge in [-0.1, -0.05) is 83.5 Å². The molecule has 0 aliphatic carbocycles. The predicted octanol–water partition coefficient (Wildman–Crippen LogP) is 5.01. The third kappa shape index (κ3) is 30.6. The maximum Gasteiger partial charge on any atom is 0.303 e. The van der Waals surface area contributed by atoms with E-state index in [-0.39, 0.29) is 39.3 Å². The molecule has 0 rings (SSSR count). The monoisotopic (exact) mass is 564 g/mol. The fourth-order valence-corrected chi connectivity index (χ4v) is 3.91. The average molecular weight is 565 g/mol. The molecule has 0 saturated heterocycles. The van der Waals surface area contributed by atoms with Crippen LogP contribution in [0.4, 0.5) is 0 Å². The van der Waals surface area contributed by atoms with Gasteiger partial charge in [0.25, 0.3) is 0 Å². The second-order valence-corrected chi connectivity index (χ2v) is 10.5. The Morgan fingerprint density at radius 1 is 0.436 bits per heavy atom. The molecule has 0 aliphatic rings. The number of rotatable bonds is 28. The summed E-state index contributed by atoms with van der Waals surface area (Å²) < 4.78 is 5.50. The maximum atomic E-state index is 10.4. The number of hydrogen-bond donors (Lipinski definition) is 6. The van der Waals surface area contributed by atoms with Crippen LogP contribution in [0, 0.1) is 5.41 Å². The Labute approximate surface area is 234 Å². The fraction of sp³-hybridized carbons (Fsp3) is 0.897. The van der Waals surface area contributed by atoms with Crippen LogP contribution >= 0.6 is 0 Å². The van der Waals surface area contributed by atoms with Gasteiger partial charge >= 0.3 is 17.9 Å². The second kappa shape index (κ2) is 29.2. The molecule has 10 heteroatoms. The Morgan fingerprint density at radius 2 is 0.692 bits per heavy atom. The maximum absolute atomic E-state index is 10.4. The first-order valence-electron chi connectivity index (χ1n) is 14.8. The highest BCUT2D eigenvalue weighted by atomic mass is 16.5. The van der Waals surface area contributed by atoms with Crippen molar-refractivity contribution in [3.05, 3.63) is 0 Å². The van der Waals surface area contributed by atoms with Crippen LogP contribution in [0.3, 0.4) is 0 Å². The lowest BCUT2D eigenvalue weighted by molar-refractivity contribution is -0.139. The van der Waals surface area contributed by atoms with Gasteiger partial charge in [-0.25, -0.2) is 0 Å². The molecule has 0 aromatic rings. The molecule has 0 saturated carbocycles. The molecule has 0 bridgehead atoms. The quantitative estimate of drug-likeness (QED) is 0.0707. The van der Waals surface area contributed by atoms with Crippen molar-refractivity contribution >= 4 is 17.9 Å². The van der Waals surface area contributed by atoms with E-state index in [1.54, 1.807) is 0 Å². The Hall–Kier alpha value is -1.75. The lowest BCUT2D eigenvalue weighted by Crippen LogP contribution is -2.38. The van der Waals surface area contributed by atoms with Crippen molar-refractivity contribution < 1.29 is 49.8 Å². The normalized spacial score (nSPS) is 11.2. The summed E-state index contributed by atoms with van der Waals surface area (Å²) in [6, 6.07) is 0. The minimum Gasteiger partial charge on any atom is -0.481 e. The lowest BCUT2D eigenvalue weighted by Gasteiger charge is -2.26. The van der Waals surface area contributed by atoms with Gasteiger partial charge in [0.2, 0.25) is 0 Å². The Balaban J connectivity index is 0. The Bertz CT molecular complexity index is 554. The summed E-state index contributed by atoms with van der Waals surface area (Å²) in [6.45, 7) is 0.000324. The zero-order chi connectivity index (χ0) is 29.6. The van der Waals surface area contributed by atoms with E-state index in [9.17, 15) is 29.7 Å². The number of unbranched alkanes of at least 4 members (excludes halogenated alkanes) is 15. The van der Waals surface area contributed by atoms with Gasteiger partial charge in [-0.05, 0) is 25.7 Å². The van der Waals surface area contributed by atoms with E-state index in [0.717, 1.165) is 25.7 Å². The van der Waals surface area contributed by atoms with Gasteiger partial charge in [-0.15, -0.1) is 0 Å². The molecule has 0 amide bonds. The number of aliphatic carboxylic acids is 3. The molecule has 0 aromatic carbocycles. The summed E-state index contributed by atoms with van der Waals surface area (Å²) in [6.07, 6.45) is 19.4. The summed E-state index contributed by atoms with van der Waals surface area (Å²) in [5.74, 6) is -2.42.